The first kappa shape index (κ1) is 20.5. The summed E-state index contributed by atoms with van der Waals surface area (Å²) in [5.74, 6) is 0.599. The highest BCUT2D eigenvalue weighted by atomic mass is 35.5. The molecule has 0 spiro atoms. The van der Waals surface area contributed by atoms with Crippen LogP contribution in [-0.4, -0.2) is 35.3 Å². The van der Waals surface area contributed by atoms with Gasteiger partial charge < -0.3 is 10.2 Å². The number of rotatable bonds is 6. The van der Waals surface area contributed by atoms with Gasteiger partial charge >= 0.3 is 0 Å². The molecule has 0 bridgehead atoms. The van der Waals surface area contributed by atoms with E-state index in [0.29, 0.717) is 29.8 Å². The summed E-state index contributed by atoms with van der Waals surface area (Å²) < 4.78 is 0. The molecule has 0 saturated carbocycles. The monoisotopic (exact) mass is 376 g/mol. The summed E-state index contributed by atoms with van der Waals surface area (Å²) in [6.07, 6.45) is 4.77. The summed E-state index contributed by atoms with van der Waals surface area (Å²) in [5.41, 5.74) is 0.795. The van der Waals surface area contributed by atoms with Crippen LogP contribution < -0.4 is 5.32 Å². The average Bonchev–Trinajstić information content (AvgIpc) is 2.55. The Balaban J connectivity index is 2.19. The van der Waals surface area contributed by atoms with Crippen molar-refractivity contribution in [3.05, 3.63) is 40.9 Å². The van der Waals surface area contributed by atoms with Crippen LogP contribution in [0.15, 0.2) is 30.3 Å². The molecule has 0 aliphatic carbocycles. The van der Waals surface area contributed by atoms with Crippen LogP contribution in [0.1, 0.15) is 46.1 Å². The molecule has 1 fully saturated rings. The van der Waals surface area contributed by atoms with Gasteiger partial charge in [0, 0.05) is 23.7 Å². The number of hydrogen-bond donors (Lipinski definition) is 1. The third kappa shape index (κ3) is 5.60. The van der Waals surface area contributed by atoms with Gasteiger partial charge in [0.05, 0.1) is 0 Å². The van der Waals surface area contributed by atoms with E-state index in [9.17, 15) is 9.59 Å². The zero-order valence-electron chi connectivity index (χ0n) is 16.0. The van der Waals surface area contributed by atoms with Crippen molar-refractivity contribution in [1.82, 2.24) is 10.2 Å². The molecule has 1 aliphatic heterocycles. The highest BCUT2D eigenvalue weighted by molar-refractivity contribution is 6.32. The Morgan fingerprint density at radius 2 is 1.88 bits per heavy atom. The first-order valence-corrected chi connectivity index (χ1v) is 9.69. The summed E-state index contributed by atoms with van der Waals surface area (Å²) in [6, 6.07) is 6.98. The van der Waals surface area contributed by atoms with E-state index >= 15 is 0 Å². The third-order valence-corrected chi connectivity index (χ3v) is 4.83. The van der Waals surface area contributed by atoms with E-state index in [-0.39, 0.29) is 17.9 Å². The molecule has 1 aromatic carbocycles. The molecule has 2 amide bonds. The third-order valence-electron chi connectivity index (χ3n) is 4.49. The smallest absolute Gasteiger partial charge is 0.247 e. The lowest BCUT2D eigenvalue weighted by atomic mass is 9.95. The van der Waals surface area contributed by atoms with Gasteiger partial charge in [-0.3, -0.25) is 9.59 Å². The van der Waals surface area contributed by atoms with E-state index in [1.165, 1.54) is 6.08 Å². The summed E-state index contributed by atoms with van der Waals surface area (Å²) in [6.45, 7) is 8.92. The first-order valence-electron chi connectivity index (χ1n) is 9.31. The molecule has 1 saturated heterocycles. The summed E-state index contributed by atoms with van der Waals surface area (Å²) in [4.78, 5) is 27.2. The van der Waals surface area contributed by atoms with Gasteiger partial charge in [-0.25, -0.2) is 0 Å². The van der Waals surface area contributed by atoms with Crippen molar-refractivity contribution in [1.29, 1.82) is 0 Å². The van der Waals surface area contributed by atoms with Crippen LogP contribution in [0, 0.1) is 11.8 Å². The van der Waals surface area contributed by atoms with Crippen LogP contribution in [0.4, 0.5) is 0 Å². The van der Waals surface area contributed by atoms with Crippen LogP contribution in [-0.2, 0) is 9.59 Å². The summed E-state index contributed by atoms with van der Waals surface area (Å²) >= 11 is 6.15. The summed E-state index contributed by atoms with van der Waals surface area (Å²) in [7, 11) is 0. The van der Waals surface area contributed by atoms with E-state index in [0.717, 1.165) is 12.0 Å². The van der Waals surface area contributed by atoms with Crippen LogP contribution in [0.3, 0.4) is 0 Å². The number of carbonyl (C=O) groups is 2. The SMILES string of the molecule is CC(C)C[C@H]1CN(C(=O)C=Cc2ccccc2Cl)[C@@H](CC(C)C)C(=O)N1. The average molecular weight is 377 g/mol. The molecule has 1 N–H and O–H groups in total. The molecule has 2 atom stereocenters. The fourth-order valence-electron chi connectivity index (χ4n) is 3.34. The number of nitrogens with one attached hydrogen (secondary N) is 1. The second kappa shape index (κ2) is 9.22. The Morgan fingerprint density at radius 1 is 1.23 bits per heavy atom. The Hall–Kier alpha value is -1.81. The van der Waals surface area contributed by atoms with Crippen molar-refractivity contribution in [2.45, 2.75) is 52.6 Å². The maximum absolute atomic E-state index is 12.9. The van der Waals surface area contributed by atoms with Crippen LogP contribution in [0.5, 0.6) is 0 Å². The fourth-order valence-corrected chi connectivity index (χ4v) is 3.54. The van der Waals surface area contributed by atoms with Gasteiger partial charge in [0.25, 0.3) is 0 Å². The highest BCUT2D eigenvalue weighted by Gasteiger charge is 2.36. The van der Waals surface area contributed by atoms with E-state index in [2.05, 4.69) is 33.0 Å². The van der Waals surface area contributed by atoms with Gasteiger partial charge in [-0.2, -0.15) is 0 Å². The summed E-state index contributed by atoms with van der Waals surface area (Å²) in [5, 5.41) is 3.69. The van der Waals surface area contributed by atoms with Gasteiger partial charge in [-0.05, 0) is 42.4 Å². The van der Waals surface area contributed by atoms with Crippen molar-refractivity contribution < 1.29 is 9.59 Å². The predicted molar refractivity (Wildman–Crippen MR) is 107 cm³/mol. The van der Waals surface area contributed by atoms with E-state index in [1.54, 1.807) is 17.0 Å². The molecule has 1 aliphatic rings. The van der Waals surface area contributed by atoms with E-state index in [4.69, 9.17) is 11.6 Å². The van der Waals surface area contributed by atoms with Gasteiger partial charge in [-0.1, -0.05) is 57.5 Å². The normalized spacial score (nSPS) is 20.9. The topological polar surface area (TPSA) is 49.4 Å². The molecule has 2 rings (SSSR count). The number of halogens is 1. The molecule has 142 valence electrons. The number of benzene rings is 1. The van der Waals surface area contributed by atoms with E-state index < -0.39 is 6.04 Å². The molecule has 0 radical (unpaired) electrons. The van der Waals surface area contributed by atoms with Gasteiger partial charge in [0.1, 0.15) is 6.04 Å². The lowest BCUT2D eigenvalue weighted by molar-refractivity contribution is -0.142. The molecule has 1 aromatic rings. The Morgan fingerprint density at radius 3 is 2.50 bits per heavy atom. The standard InChI is InChI=1S/C21H29ClN2O2/c1-14(2)11-17-13-24(19(12-15(3)4)21(26)23-17)20(25)10-9-16-7-5-6-8-18(16)22/h5-10,14-15,17,19H,11-13H2,1-4H3,(H,23,26)/t17-,19-/m0/s1. The van der Waals surface area contributed by atoms with E-state index in [1.807, 2.05) is 18.2 Å². The van der Waals surface area contributed by atoms with Gasteiger partial charge in [0.15, 0.2) is 0 Å². The second-order valence-electron chi connectivity index (χ2n) is 7.83. The predicted octanol–water partition coefficient (Wildman–Crippen LogP) is 4.14. The first-order chi connectivity index (χ1) is 12.3. The maximum atomic E-state index is 12.9. The van der Waals surface area contributed by atoms with Crippen molar-refractivity contribution in [2.24, 2.45) is 11.8 Å². The molecular weight excluding hydrogens is 348 g/mol. The minimum atomic E-state index is -0.415. The lowest BCUT2D eigenvalue weighted by Gasteiger charge is -2.40. The molecule has 4 nitrogen and oxygen atoms in total. The Labute approximate surface area is 161 Å². The number of carbonyl (C=O) groups excluding carboxylic acids is 2. The molecule has 1 heterocycles. The molecule has 0 aromatic heterocycles. The second-order valence-corrected chi connectivity index (χ2v) is 8.23. The van der Waals surface area contributed by atoms with Gasteiger partial charge in [0.2, 0.25) is 11.8 Å². The van der Waals surface area contributed by atoms with Crippen molar-refractivity contribution >= 4 is 29.5 Å². The van der Waals surface area contributed by atoms with Crippen molar-refractivity contribution in [2.75, 3.05) is 6.54 Å². The fraction of sp³-hybridized carbons (Fsp3) is 0.524. The molecule has 26 heavy (non-hydrogen) atoms. The molecule has 0 unspecified atom stereocenters. The van der Waals surface area contributed by atoms with Crippen molar-refractivity contribution in [3.63, 3.8) is 0 Å². The quantitative estimate of drug-likeness (QED) is 0.758. The number of nitrogens with zero attached hydrogens (tertiary/aromatic N) is 1. The van der Waals surface area contributed by atoms with Crippen LogP contribution in [0.25, 0.3) is 6.08 Å². The molecule has 5 heteroatoms. The Kier molecular flexibility index (Phi) is 7.27. The maximum Gasteiger partial charge on any atom is 0.247 e. The molecular formula is C21H29ClN2O2. The number of piperazine rings is 1. The largest absolute Gasteiger partial charge is 0.350 e. The zero-order chi connectivity index (χ0) is 19.3. The lowest BCUT2D eigenvalue weighted by Crippen LogP contribution is -2.61. The number of hydrogen-bond acceptors (Lipinski definition) is 2. The zero-order valence-corrected chi connectivity index (χ0v) is 16.8. The van der Waals surface area contributed by atoms with Gasteiger partial charge in [-0.15, -0.1) is 0 Å². The van der Waals surface area contributed by atoms with Crippen LogP contribution in [0.2, 0.25) is 5.02 Å². The Bertz CT molecular complexity index is 670. The minimum absolute atomic E-state index is 0.00331. The minimum Gasteiger partial charge on any atom is -0.350 e. The highest BCUT2D eigenvalue weighted by Crippen LogP contribution is 2.21. The van der Waals surface area contributed by atoms with Crippen molar-refractivity contribution in [3.8, 4) is 0 Å². The van der Waals surface area contributed by atoms with Crippen LogP contribution >= 0.6 is 11.6 Å². The number of amides is 2.